The highest BCUT2D eigenvalue weighted by Gasteiger charge is 2.20. The number of carbonyl (C=O) groups is 1. The molecule has 2 aliphatic heterocycles. The molecule has 0 bridgehead atoms. The number of rotatable bonds is 6. The lowest BCUT2D eigenvalue weighted by molar-refractivity contribution is -0.0000257. The summed E-state index contributed by atoms with van der Waals surface area (Å²) in [5.74, 6) is 1.37. The summed E-state index contributed by atoms with van der Waals surface area (Å²) >= 11 is 0. The highest BCUT2D eigenvalue weighted by atomic mass is 35.5. The number of nitrogens with one attached hydrogen (secondary N) is 1. The van der Waals surface area contributed by atoms with Gasteiger partial charge in [-0.15, -0.1) is 0 Å². The molecule has 0 saturated carbocycles. The molecular formula is C20H26ClN6O4-. The molecule has 0 aliphatic carbocycles. The molecule has 0 unspecified atom stereocenters. The van der Waals surface area contributed by atoms with Crippen LogP contribution in [0.2, 0.25) is 0 Å². The minimum Gasteiger partial charge on any atom is -1.00 e. The van der Waals surface area contributed by atoms with Crippen molar-refractivity contribution >= 4 is 29.5 Å². The first kappa shape index (κ1) is 23.0. The Balaban J connectivity index is 0.00000272. The molecule has 0 spiro atoms. The van der Waals surface area contributed by atoms with Crippen LogP contribution in [0.4, 0.5) is 23.5 Å². The number of ether oxygens (including phenoxy) is 3. The van der Waals surface area contributed by atoms with E-state index in [1.54, 1.807) is 31.2 Å². The molecule has 1 aromatic carbocycles. The molecule has 2 fully saturated rings. The van der Waals surface area contributed by atoms with E-state index < -0.39 is 0 Å². The molecule has 10 nitrogen and oxygen atoms in total. The molecule has 31 heavy (non-hydrogen) atoms. The van der Waals surface area contributed by atoms with Gasteiger partial charge in [0.1, 0.15) is 0 Å². The minimum absolute atomic E-state index is 0. The van der Waals surface area contributed by atoms with E-state index in [1.165, 1.54) is 0 Å². The third kappa shape index (κ3) is 5.93. The first-order chi connectivity index (χ1) is 14.7. The van der Waals surface area contributed by atoms with Crippen LogP contribution in [-0.2, 0) is 14.2 Å². The molecule has 2 saturated heterocycles. The molecule has 0 amide bonds. The van der Waals surface area contributed by atoms with Crippen LogP contribution in [0.1, 0.15) is 17.3 Å². The average Bonchev–Trinajstić information content (AvgIpc) is 2.81. The number of aromatic nitrogens is 3. The summed E-state index contributed by atoms with van der Waals surface area (Å²) in [6.45, 7) is 7.67. The van der Waals surface area contributed by atoms with Crippen molar-refractivity contribution in [3.63, 3.8) is 0 Å². The van der Waals surface area contributed by atoms with Crippen molar-refractivity contribution in [2.24, 2.45) is 0 Å². The summed E-state index contributed by atoms with van der Waals surface area (Å²) in [5, 5.41) is 3.23. The SMILES string of the molecule is CCOC(=O)c1ccc(Nc2nc(N3CCOCC3)nc(N3CCOCC3)n2)cc1.[Cl-]. The predicted octanol–water partition coefficient (Wildman–Crippen LogP) is -1.53. The summed E-state index contributed by atoms with van der Waals surface area (Å²) in [6, 6.07) is 7.04. The second-order valence-corrected chi connectivity index (χ2v) is 6.88. The van der Waals surface area contributed by atoms with Gasteiger partial charge in [0.05, 0.1) is 38.6 Å². The number of nitrogens with zero attached hydrogens (tertiary/aromatic N) is 5. The Kier molecular flexibility index (Phi) is 8.21. The van der Waals surface area contributed by atoms with Gasteiger partial charge in [-0.1, -0.05) is 0 Å². The molecule has 1 aromatic heterocycles. The summed E-state index contributed by atoms with van der Waals surface area (Å²) in [7, 11) is 0. The van der Waals surface area contributed by atoms with Gasteiger partial charge < -0.3 is 41.7 Å². The van der Waals surface area contributed by atoms with E-state index in [0.29, 0.717) is 56.4 Å². The van der Waals surface area contributed by atoms with Crippen LogP contribution in [0.25, 0.3) is 0 Å². The normalized spacial score (nSPS) is 16.4. The first-order valence-electron chi connectivity index (χ1n) is 10.2. The number of carbonyl (C=O) groups excluding carboxylic acids is 1. The number of halogens is 1. The molecule has 4 rings (SSSR count). The Bertz CT molecular complexity index is 821. The lowest BCUT2D eigenvalue weighted by atomic mass is 10.2. The van der Waals surface area contributed by atoms with E-state index in [1.807, 2.05) is 0 Å². The van der Waals surface area contributed by atoms with Crippen molar-refractivity contribution in [1.82, 2.24) is 15.0 Å². The molecule has 0 atom stereocenters. The molecule has 11 heteroatoms. The Labute approximate surface area is 187 Å². The maximum absolute atomic E-state index is 11.8. The van der Waals surface area contributed by atoms with Crippen molar-refractivity contribution in [2.75, 3.05) is 74.3 Å². The second-order valence-electron chi connectivity index (χ2n) is 6.88. The van der Waals surface area contributed by atoms with E-state index in [0.717, 1.165) is 31.9 Å². The summed E-state index contributed by atoms with van der Waals surface area (Å²) < 4.78 is 15.9. The fraction of sp³-hybridized carbons (Fsp3) is 0.500. The van der Waals surface area contributed by atoms with E-state index in [-0.39, 0.29) is 18.4 Å². The maximum Gasteiger partial charge on any atom is 0.338 e. The Hall–Kier alpha value is -2.69. The Morgan fingerprint density at radius 3 is 1.94 bits per heavy atom. The van der Waals surface area contributed by atoms with E-state index >= 15 is 0 Å². The van der Waals surface area contributed by atoms with Crippen LogP contribution in [0.15, 0.2) is 24.3 Å². The van der Waals surface area contributed by atoms with Crippen LogP contribution in [-0.4, -0.2) is 80.1 Å². The van der Waals surface area contributed by atoms with Gasteiger partial charge in [0.25, 0.3) is 0 Å². The van der Waals surface area contributed by atoms with Crippen molar-refractivity contribution in [3.8, 4) is 0 Å². The van der Waals surface area contributed by atoms with Gasteiger partial charge in [0, 0.05) is 31.9 Å². The number of benzene rings is 1. The van der Waals surface area contributed by atoms with Crippen LogP contribution >= 0.6 is 0 Å². The Morgan fingerprint density at radius 2 is 1.45 bits per heavy atom. The molecule has 168 valence electrons. The van der Waals surface area contributed by atoms with Gasteiger partial charge in [-0.05, 0) is 31.2 Å². The molecule has 2 aliphatic rings. The van der Waals surface area contributed by atoms with Crippen molar-refractivity contribution in [2.45, 2.75) is 6.92 Å². The molecular weight excluding hydrogens is 424 g/mol. The van der Waals surface area contributed by atoms with Crippen LogP contribution in [0.5, 0.6) is 0 Å². The van der Waals surface area contributed by atoms with Crippen molar-refractivity contribution in [3.05, 3.63) is 29.8 Å². The topological polar surface area (TPSA) is 102 Å². The fourth-order valence-electron chi connectivity index (χ4n) is 3.25. The fourth-order valence-corrected chi connectivity index (χ4v) is 3.25. The predicted molar refractivity (Wildman–Crippen MR) is 112 cm³/mol. The van der Waals surface area contributed by atoms with Crippen molar-refractivity contribution < 1.29 is 31.4 Å². The highest BCUT2D eigenvalue weighted by Crippen LogP contribution is 2.21. The van der Waals surface area contributed by atoms with E-state index in [4.69, 9.17) is 19.2 Å². The summed E-state index contributed by atoms with van der Waals surface area (Å²) in [5.41, 5.74) is 1.27. The average molecular weight is 450 g/mol. The second kappa shape index (κ2) is 11.1. The van der Waals surface area contributed by atoms with Crippen LogP contribution in [0.3, 0.4) is 0 Å². The number of esters is 1. The van der Waals surface area contributed by atoms with Gasteiger partial charge in [0.2, 0.25) is 17.8 Å². The first-order valence-corrected chi connectivity index (χ1v) is 10.2. The third-order valence-electron chi connectivity index (χ3n) is 4.85. The largest absolute Gasteiger partial charge is 1.00 e. The van der Waals surface area contributed by atoms with Gasteiger partial charge in [-0.2, -0.15) is 15.0 Å². The summed E-state index contributed by atoms with van der Waals surface area (Å²) in [6.07, 6.45) is 0. The molecule has 0 radical (unpaired) electrons. The zero-order valence-electron chi connectivity index (χ0n) is 17.4. The summed E-state index contributed by atoms with van der Waals surface area (Å²) in [4.78, 5) is 30.0. The molecule has 3 heterocycles. The third-order valence-corrected chi connectivity index (χ3v) is 4.85. The number of hydrogen-bond acceptors (Lipinski definition) is 10. The zero-order valence-corrected chi connectivity index (χ0v) is 18.2. The van der Waals surface area contributed by atoms with Crippen LogP contribution < -0.4 is 27.5 Å². The van der Waals surface area contributed by atoms with Gasteiger partial charge in [-0.3, -0.25) is 0 Å². The molecule has 2 aromatic rings. The van der Waals surface area contributed by atoms with E-state index in [2.05, 4.69) is 25.1 Å². The minimum atomic E-state index is -0.339. The molecule has 1 N–H and O–H groups in total. The zero-order chi connectivity index (χ0) is 20.8. The number of hydrogen-bond donors (Lipinski definition) is 1. The lowest BCUT2D eigenvalue weighted by Gasteiger charge is -2.30. The number of anilines is 4. The Morgan fingerprint density at radius 1 is 0.935 bits per heavy atom. The van der Waals surface area contributed by atoms with Gasteiger partial charge >= 0.3 is 5.97 Å². The highest BCUT2D eigenvalue weighted by molar-refractivity contribution is 5.89. The van der Waals surface area contributed by atoms with Crippen LogP contribution in [0, 0.1) is 0 Å². The monoisotopic (exact) mass is 449 g/mol. The maximum atomic E-state index is 11.8. The quantitative estimate of drug-likeness (QED) is 0.522. The van der Waals surface area contributed by atoms with Gasteiger partial charge in [0.15, 0.2) is 0 Å². The van der Waals surface area contributed by atoms with Crippen molar-refractivity contribution in [1.29, 1.82) is 0 Å². The lowest BCUT2D eigenvalue weighted by Crippen LogP contribution is -3.00. The van der Waals surface area contributed by atoms with Gasteiger partial charge in [-0.25, -0.2) is 4.79 Å². The number of morpholine rings is 2. The standard InChI is InChI=1S/C20H26N6O4.ClH/c1-2-30-17(27)15-3-5-16(6-4-15)21-18-22-19(25-7-11-28-12-8-25)24-20(23-18)26-9-13-29-14-10-26;/h3-6H,2,7-14H2,1H3,(H,21,22,23,24);1H/p-1. The van der Waals surface area contributed by atoms with E-state index in [9.17, 15) is 4.79 Å². The smallest absolute Gasteiger partial charge is 0.338 e.